The Hall–Kier alpha value is -1.32. The molecule has 0 aromatic heterocycles. The summed E-state index contributed by atoms with van der Waals surface area (Å²) in [4.78, 5) is 12.3. The molecule has 0 saturated heterocycles. The molecule has 2 nitrogen and oxygen atoms in total. The second-order valence-electron chi connectivity index (χ2n) is 6.01. The number of ketones is 1. The van der Waals surface area contributed by atoms with Crippen LogP contribution in [0.2, 0.25) is 10.0 Å². The van der Waals surface area contributed by atoms with Gasteiger partial charge in [0.1, 0.15) is 0 Å². The van der Waals surface area contributed by atoms with Crippen molar-refractivity contribution in [1.82, 2.24) is 5.32 Å². The normalized spacial score (nSPS) is 16.7. The van der Waals surface area contributed by atoms with Crippen LogP contribution in [0.3, 0.4) is 0 Å². The molecule has 0 amide bonds. The van der Waals surface area contributed by atoms with Gasteiger partial charge in [-0.15, -0.1) is 12.4 Å². The minimum Gasteiger partial charge on any atom is -0.310 e. The lowest BCUT2D eigenvalue weighted by Gasteiger charge is -2.24. The molecular formula is C20H20Cl3NO. The molecule has 1 heterocycles. The molecule has 0 fully saturated rings. The molecule has 1 N–H and O–H groups in total. The summed E-state index contributed by atoms with van der Waals surface area (Å²) in [6.45, 7) is 0.831. The highest BCUT2D eigenvalue weighted by Crippen LogP contribution is 2.25. The van der Waals surface area contributed by atoms with Crippen molar-refractivity contribution in [2.45, 2.75) is 25.3 Å². The molecule has 1 aliphatic heterocycles. The smallest absolute Gasteiger partial charge is 0.162 e. The van der Waals surface area contributed by atoms with E-state index in [1.54, 1.807) is 24.3 Å². The van der Waals surface area contributed by atoms with Crippen LogP contribution in [0, 0.1) is 0 Å². The van der Waals surface area contributed by atoms with Gasteiger partial charge in [-0.3, -0.25) is 4.79 Å². The minimum atomic E-state index is 0. The first-order chi connectivity index (χ1) is 11.6. The number of hydrogen-bond donors (Lipinski definition) is 1. The molecule has 0 spiro atoms. The number of halogens is 3. The fourth-order valence-electron chi connectivity index (χ4n) is 2.96. The van der Waals surface area contributed by atoms with Crippen LogP contribution in [0.1, 0.15) is 35.2 Å². The van der Waals surface area contributed by atoms with Crippen molar-refractivity contribution in [2.75, 3.05) is 6.54 Å². The van der Waals surface area contributed by atoms with Crippen molar-refractivity contribution in [1.29, 1.82) is 0 Å². The predicted molar refractivity (Wildman–Crippen MR) is 108 cm³/mol. The van der Waals surface area contributed by atoms with E-state index in [0.717, 1.165) is 30.0 Å². The summed E-state index contributed by atoms with van der Waals surface area (Å²) in [7, 11) is 0. The Morgan fingerprint density at radius 1 is 1.00 bits per heavy atom. The van der Waals surface area contributed by atoms with Crippen LogP contribution in [0.25, 0.3) is 5.57 Å². The lowest BCUT2D eigenvalue weighted by Crippen LogP contribution is -2.33. The zero-order valence-corrected chi connectivity index (χ0v) is 16.0. The molecule has 5 heteroatoms. The van der Waals surface area contributed by atoms with Crippen molar-refractivity contribution in [3.63, 3.8) is 0 Å². The standard InChI is InChI=1S/C20H19Cl2NO.ClH/c21-17-5-1-14(2-6-17)16-11-12-23-19(13-16)9-10-20(24)15-3-7-18(22)8-4-15;/h1-8,11,19,23H,9-10,12-13H2;1H. The van der Waals surface area contributed by atoms with Crippen LogP contribution in [0.5, 0.6) is 0 Å². The highest BCUT2D eigenvalue weighted by atomic mass is 35.5. The van der Waals surface area contributed by atoms with Gasteiger partial charge in [-0.05, 0) is 60.4 Å². The summed E-state index contributed by atoms with van der Waals surface area (Å²) in [5.74, 6) is 0.163. The highest BCUT2D eigenvalue weighted by Gasteiger charge is 2.17. The van der Waals surface area contributed by atoms with E-state index >= 15 is 0 Å². The average Bonchev–Trinajstić information content (AvgIpc) is 2.61. The lowest BCUT2D eigenvalue weighted by molar-refractivity contribution is 0.0976. The van der Waals surface area contributed by atoms with E-state index in [9.17, 15) is 4.79 Å². The molecule has 25 heavy (non-hydrogen) atoms. The fraction of sp³-hybridized carbons (Fsp3) is 0.250. The van der Waals surface area contributed by atoms with Gasteiger partial charge in [-0.2, -0.15) is 0 Å². The molecule has 0 saturated carbocycles. The first kappa shape index (κ1) is 20.0. The molecule has 1 aliphatic rings. The minimum absolute atomic E-state index is 0. The summed E-state index contributed by atoms with van der Waals surface area (Å²) in [6.07, 6.45) is 4.50. The van der Waals surface area contributed by atoms with Gasteiger partial charge in [0.25, 0.3) is 0 Å². The molecule has 1 atom stereocenters. The molecule has 0 radical (unpaired) electrons. The Kier molecular flexibility index (Phi) is 7.52. The number of hydrogen-bond acceptors (Lipinski definition) is 2. The first-order valence-electron chi connectivity index (χ1n) is 8.09. The molecule has 132 valence electrons. The number of benzene rings is 2. The van der Waals surface area contributed by atoms with Crippen molar-refractivity contribution in [2.24, 2.45) is 0 Å². The number of Topliss-reactive ketones (excluding diaryl/α,β-unsaturated/α-hetero) is 1. The van der Waals surface area contributed by atoms with E-state index < -0.39 is 0 Å². The van der Waals surface area contributed by atoms with Gasteiger partial charge in [0.05, 0.1) is 0 Å². The van der Waals surface area contributed by atoms with Crippen LogP contribution in [0.4, 0.5) is 0 Å². The quantitative estimate of drug-likeness (QED) is 0.645. The number of nitrogens with one attached hydrogen (secondary N) is 1. The zero-order chi connectivity index (χ0) is 16.9. The number of carbonyl (C=O) groups is 1. The zero-order valence-electron chi connectivity index (χ0n) is 13.7. The summed E-state index contributed by atoms with van der Waals surface area (Å²) in [5, 5.41) is 4.87. The Morgan fingerprint density at radius 2 is 1.60 bits per heavy atom. The van der Waals surface area contributed by atoms with E-state index in [1.807, 2.05) is 12.1 Å². The summed E-state index contributed by atoms with van der Waals surface area (Å²) < 4.78 is 0. The molecule has 2 aromatic rings. The summed E-state index contributed by atoms with van der Waals surface area (Å²) in [6, 6.07) is 15.3. The van der Waals surface area contributed by atoms with Crippen LogP contribution >= 0.6 is 35.6 Å². The number of carbonyl (C=O) groups excluding carboxylic acids is 1. The topological polar surface area (TPSA) is 29.1 Å². The molecule has 2 aromatic carbocycles. The largest absolute Gasteiger partial charge is 0.310 e. The van der Waals surface area contributed by atoms with Crippen LogP contribution in [-0.2, 0) is 0 Å². The van der Waals surface area contributed by atoms with Gasteiger partial charge in [0, 0.05) is 34.6 Å². The Balaban J connectivity index is 0.00000225. The maximum absolute atomic E-state index is 12.3. The SMILES string of the molecule is Cl.O=C(CCC1CC(c2ccc(Cl)cc2)=CCN1)c1ccc(Cl)cc1. The van der Waals surface area contributed by atoms with Crippen LogP contribution < -0.4 is 5.32 Å². The molecule has 3 rings (SSSR count). The maximum Gasteiger partial charge on any atom is 0.162 e. The van der Waals surface area contributed by atoms with Gasteiger partial charge < -0.3 is 5.32 Å². The van der Waals surface area contributed by atoms with Crippen molar-refractivity contribution in [3.05, 3.63) is 75.8 Å². The maximum atomic E-state index is 12.3. The van der Waals surface area contributed by atoms with Gasteiger partial charge in [-0.1, -0.05) is 41.4 Å². The first-order valence-corrected chi connectivity index (χ1v) is 8.84. The van der Waals surface area contributed by atoms with Gasteiger partial charge in [-0.25, -0.2) is 0 Å². The summed E-state index contributed by atoms with van der Waals surface area (Å²) in [5.41, 5.74) is 3.24. The van der Waals surface area contributed by atoms with Gasteiger partial charge in [0.2, 0.25) is 0 Å². The van der Waals surface area contributed by atoms with E-state index in [-0.39, 0.29) is 18.2 Å². The third-order valence-electron chi connectivity index (χ3n) is 4.32. The highest BCUT2D eigenvalue weighted by molar-refractivity contribution is 6.30. The Bertz CT molecular complexity index is 739. The molecule has 0 bridgehead atoms. The van der Waals surface area contributed by atoms with Crippen molar-refractivity contribution >= 4 is 47.0 Å². The van der Waals surface area contributed by atoms with E-state index in [2.05, 4.69) is 23.5 Å². The van der Waals surface area contributed by atoms with Gasteiger partial charge >= 0.3 is 0 Å². The van der Waals surface area contributed by atoms with E-state index in [1.165, 1.54) is 11.1 Å². The average molecular weight is 397 g/mol. The monoisotopic (exact) mass is 395 g/mol. The summed E-state index contributed by atoms with van der Waals surface area (Å²) >= 11 is 11.8. The predicted octanol–water partition coefficient (Wildman–Crippen LogP) is 5.82. The van der Waals surface area contributed by atoms with Gasteiger partial charge in [0.15, 0.2) is 5.78 Å². The lowest BCUT2D eigenvalue weighted by atomic mass is 9.92. The third-order valence-corrected chi connectivity index (χ3v) is 4.83. The van der Waals surface area contributed by atoms with E-state index in [4.69, 9.17) is 23.2 Å². The second kappa shape index (κ2) is 9.40. The van der Waals surface area contributed by atoms with Crippen molar-refractivity contribution < 1.29 is 4.79 Å². The van der Waals surface area contributed by atoms with Crippen LogP contribution in [-0.4, -0.2) is 18.4 Å². The Labute approximate surface area is 164 Å². The molecular weight excluding hydrogens is 377 g/mol. The Morgan fingerprint density at radius 3 is 2.24 bits per heavy atom. The van der Waals surface area contributed by atoms with E-state index in [0.29, 0.717) is 17.5 Å². The van der Waals surface area contributed by atoms with Crippen molar-refractivity contribution in [3.8, 4) is 0 Å². The second-order valence-corrected chi connectivity index (χ2v) is 6.89. The fourth-order valence-corrected chi connectivity index (χ4v) is 3.21. The number of rotatable bonds is 5. The molecule has 0 aliphatic carbocycles. The molecule has 1 unspecified atom stereocenters. The van der Waals surface area contributed by atoms with Crippen LogP contribution in [0.15, 0.2) is 54.6 Å². The third kappa shape index (κ3) is 5.58.